The molecule has 1 aromatic carbocycles. The summed E-state index contributed by atoms with van der Waals surface area (Å²) in [6, 6.07) is 5.09. The molecule has 8 nitrogen and oxygen atoms in total. The molecule has 2 aromatic heterocycles. The summed E-state index contributed by atoms with van der Waals surface area (Å²) in [5.74, 6) is 0.174. The predicted octanol–water partition coefficient (Wildman–Crippen LogP) is 2.43. The Bertz CT molecular complexity index is 1260. The number of piperazine rings is 1. The van der Waals surface area contributed by atoms with Crippen molar-refractivity contribution in [2.75, 3.05) is 31.1 Å². The summed E-state index contributed by atoms with van der Waals surface area (Å²) in [4.78, 5) is 21.9. The number of halogens is 4. The minimum atomic E-state index is -4.55. The molecule has 0 amide bonds. The Hall–Kier alpha value is -2.57. The van der Waals surface area contributed by atoms with Gasteiger partial charge in [0.1, 0.15) is 5.82 Å². The highest BCUT2D eigenvalue weighted by Crippen LogP contribution is 2.34. The van der Waals surface area contributed by atoms with Crippen molar-refractivity contribution in [2.24, 2.45) is 0 Å². The summed E-state index contributed by atoms with van der Waals surface area (Å²) in [6.07, 6.45) is -3.84. The van der Waals surface area contributed by atoms with Crippen LogP contribution in [0.15, 0.2) is 40.2 Å². The first kappa shape index (κ1) is 20.7. The van der Waals surface area contributed by atoms with Crippen LogP contribution < -0.4 is 10.6 Å². The number of fused-ring (bicyclic) bond motifs is 1. The number of hydrogen-bond donors (Lipinski definition) is 2. The van der Waals surface area contributed by atoms with Crippen LogP contribution >= 0.6 is 11.6 Å². The molecule has 1 saturated heterocycles. The number of nitrogens with one attached hydrogen (secondary N) is 2. The molecule has 1 aliphatic heterocycles. The van der Waals surface area contributed by atoms with Crippen molar-refractivity contribution in [3.05, 3.63) is 51.5 Å². The summed E-state index contributed by atoms with van der Waals surface area (Å²) >= 11 is 5.98. The van der Waals surface area contributed by atoms with E-state index >= 15 is 0 Å². The number of H-pyrrole nitrogens is 2. The average Bonchev–Trinajstić information content (AvgIpc) is 3.06. The van der Waals surface area contributed by atoms with Crippen molar-refractivity contribution in [1.82, 2.24) is 19.3 Å². The second-order valence-electron chi connectivity index (χ2n) is 6.70. The summed E-state index contributed by atoms with van der Waals surface area (Å²) in [5.41, 5.74) is -0.517. The quantitative estimate of drug-likeness (QED) is 0.623. The molecule has 0 bridgehead atoms. The fourth-order valence-electron chi connectivity index (χ4n) is 3.28. The Kier molecular flexibility index (Phi) is 5.03. The molecule has 3 heterocycles. The van der Waals surface area contributed by atoms with Crippen LogP contribution in [0.5, 0.6) is 0 Å². The van der Waals surface area contributed by atoms with Crippen molar-refractivity contribution in [2.45, 2.75) is 11.1 Å². The van der Waals surface area contributed by atoms with E-state index in [-0.39, 0.29) is 41.9 Å². The van der Waals surface area contributed by atoms with Gasteiger partial charge in [-0.2, -0.15) is 17.5 Å². The molecule has 0 radical (unpaired) electrons. The van der Waals surface area contributed by atoms with Gasteiger partial charge in [0.05, 0.1) is 26.5 Å². The first-order valence-electron chi connectivity index (χ1n) is 8.75. The topological polar surface area (TPSA) is 102 Å². The third kappa shape index (κ3) is 3.77. The van der Waals surface area contributed by atoms with Gasteiger partial charge >= 0.3 is 11.9 Å². The van der Waals surface area contributed by atoms with Crippen molar-refractivity contribution < 1.29 is 21.6 Å². The van der Waals surface area contributed by atoms with Crippen LogP contribution in [0.3, 0.4) is 0 Å². The van der Waals surface area contributed by atoms with E-state index in [2.05, 4.69) is 15.0 Å². The zero-order valence-corrected chi connectivity index (χ0v) is 16.8. The number of rotatable bonds is 3. The van der Waals surface area contributed by atoms with Gasteiger partial charge in [-0.05, 0) is 24.3 Å². The summed E-state index contributed by atoms with van der Waals surface area (Å²) in [6.45, 7) is 0.618. The molecule has 2 N–H and O–H groups in total. The van der Waals surface area contributed by atoms with Crippen LogP contribution in [0, 0.1) is 0 Å². The molecule has 1 fully saturated rings. The van der Waals surface area contributed by atoms with E-state index in [1.54, 1.807) is 4.90 Å². The van der Waals surface area contributed by atoms with Crippen molar-refractivity contribution in [1.29, 1.82) is 0 Å². The third-order valence-corrected chi connectivity index (χ3v) is 6.99. The van der Waals surface area contributed by atoms with E-state index in [0.29, 0.717) is 17.2 Å². The maximum Gasteiger partial charge on any atom is 0.417 e. The third-order valence-electron chi connectivity index (χ3n) is 4.81. The maximum absolute atomic E-state index is 12.9. The standard InChI is InChI=1S/C17H15ClF3N5O3S/c18-12-7-10(17(19,20)21)9-22-15(12)25-3-5-26(6-4-25)30(28,29)11-1-2-13-14(8-11)24-16(27)23-13/h1-2,7-9H,3-6H2,(H2,23,24,27). The van der Waals surface area contributed by atoms with Gasteiger partial charge in [0.15, 0.2) is 0 Å². The lowest BCUT2D eigenvalue weighted by Crippen LogP contribution is -2.49. The molecule has 0 unspecified atom stereocenters. The van der Waals surface area contributed by atoms with E-state index < -0.39 is 27.5 Å². The predicted molar refractivity (Wildman–Crippen MR) is 104 cm³/mol. The van der Waals surface area contributed by atoms with Gasteiger partial charge in [0.2, 0.25) is 10.0 Å². The van der Waals surface area contributed by atoms with Crippen LogP contribution in [0.25, 0.3) is 11.0 Å². The highest BCUT2D eigenvalue weighted by molar-refractivity contribution is 7.89. The van der Waals surface area contributed by atoms with Gasteiger partial charge in [-0.3, -0.25) is 0 Å². The molecular formula is C17H15ClF3N5O3S. The molecule has 4 rings (SSSR count). The highest BCUT2D eigenvalue weighted by atomic mass is 35.5. The number of aromatic amines is 2. The van der Waals surface area contributed by atoms with Gasteiger partial charge in [0.25, 0.3) is 0 Å². The smallest absolute Gasteiger partial charge is 0.353 e. The van der Waals surface area contributed by atoms with Crippen molar-refractivity contribution in [3.8, 4) is 0 Å². The average molecular weight is 462 g/mol. The number of pyridine rings is 1. The molecule has 0 saturated carbocycles. The fraction of sp³-hybridized carbons (Fsp3) is 0.294. The summed E-state index contributed by atoms with van der Waals surface area (Å²) < 4.78 is 65.5. The lowest BCUT2D eigenvalue weighted by Gasteiger charge is -2.35. The van der Waals surface area contributed by atoms with Crippen LogP contribution in [0.4, 0.5) is 19.0 Å². The van der Waals surface area contributed by atoms with Crippen molar-refractivity contribution in [3.63, 3.8) is 0 Å². The molecule has 1 aliphatic rings. The van der Waals surface area contributed by atoms with Crippen LogP contribution in [0.1, 0.15) is 5.56 Å². The molecule has 0 atom stereocenters. The van der Waals surface area contributed by atoms with Gasteiger partial charge in [-0.25, -0.2) is 18.2 Å². The zero-order chi connectivity index (χ0) is 21.7. The zero-order valence-electron chi connectivity index (χ0n) is 15.2. The fourth-order valence-corrected chi connectivity index (χ4v) is 5.01. The van der Waals surface area contributed by atoms with E-state index in [4.69, 9.17) is 11.6 Å². The number of aromatic nitrogens is 3. The van der Waals surface area contributed by atoms with E-state index in [9.17, 15) is 26.4 Å². The Morgan fingerprint density at radius 1 is 1.03 bits per heavy atom. The second-order valence-corrected chi connectivity index (χ2v) is 9.05. The molecule has 0 spiro atoms. The molecule has 30 heavy (non-hydrogen) atoms. The van der Waals surface area contributed by atoms with Crippen molar-refractivity contribution >= 4 is 38.5 Å². The van der Waals surface area contributed by atoms with Gasteiger partial charge < -0.3 is 14.9 Å². The maximum atomic E-state index is 12.9. The molecule has 13 heteroatoms. The summed E-state index contributed by atoms with van der Waals surface area (Å²) in [7, 11) is -3.82. The minimum Gasteiger partial charge on any atom is -0.353 e. The highest BCUT2D eigenvalue weighted by Gasteiger charge is 2.33. The van der Waals surface area contributed by atoms with Gasteiger partial charge in [-0.1, -0.05) is 11.6 Å². The van der Waals surface area contributed by atoms with Gasteiger partial charge in [-0.15, -0.1) is 0 Å². The van der Waals surface area contributed by atoms with E-state index in [1.165, 1.54) is 22.5 Å². The minimum absolute atomic E-state index is 0.0318. The van der Waals surface area contributed by atoms with Gasteiger partial charge in [0, 0.05) is 32.4 Å². The molecular weight excluding hydrogens is 447 g/mol. The molecule has 160 valence electrons. The summed E-state index contributed by atoms with van der Waals surface area (Å²) in [5, 5.41) is -0.150. The largest absolute Gasteiger partial charge is 0.417 e. The van der Waals surface area contributed by atoms with E-state index in [0.717, 1.165) is 6.07 Å². The Morgan fingerprint density at radius 2 is 1.70 bits per heavy atom. The first-order chi connectivity index (χ1) is 14.1. The lowest BCUT2D eigenvalue weighted by molar-refractivity contribution is -0.137. The number of alkyl halides is 3. The number of imidazole rings is 1. The SMILES string of the molecule is O=c1[nH]c2ccc(S(=O)(=O)N3CCN(c4ncc(C(F)(F)F)cc4Cl)CC3)cc2[nH]1. The van der Waals surface area contributed by atoms with Crippen LogP contribution in [-0.2, 0) is 16.2 Å². The normalized spacial score (nSPS) is 16.3. The number of hydrogen-bond acceptors (Lipinski definition) is 5. The molecule has 0 aliphatic carbocycles. The Balaban J connectivity index is 1.51. The van der Waals surface area contributed by atoms with Crippen LogP contribution in [-0.4, -0.2) is 53.9 Å². The monoisotopic (exact) mass is 461 g/mol. The lowest BCUT2D eigenvalue weighted by atomic mass is 10.2. The second kappa shape index (κ2) is 7.29. The Morgan fingerprint density at radius 3 is 2.33 bits per heavy atom. The number of nitrogens with zero attached hydrogens (tertiary/aromatic N) is 3. The first-order valence-corrected chi connectivity index (χ1v) is 10.6. The molecule has 3 aromatic rings. The van der Waals surface area contributed by atoms with E-state index in [1.807, 2.05) is 0 Å². The van der Waals surface area contributed by atoms with Crippen LogP contribution in [0.2, 0.25) is 5.02 Å². The Labute approximate surface area is 173 Å². The number of benzene rings is 1. The number of anilines is 1. The number of sulfonamides is 1.